The minimum absolute atomic E-state index is 0.0775. The Kier molecular flexibility index (Phi) is 26.5. The summed E-state index contributed by atoms with van der Waals surface area (Å²) in [7, 11) is 1.62. The second-order valence-corrected chi connectivity index (χ2v) is 14.7. The maximum absolute atomic E-state index is 12.7. The number of aliphatic hydroxyl groups excluding tert-OH is 1. The SMILES string of the molecule is CCCCCCCCCCCCCCC(=O)NC(COP(=O)(O)OCC[N+](C)(C)C)C(O)CCCCCCCCCC. The second-order valence-electron chi connectivity index (χ2n) is 13.3. The molecule has 9 heteroatoms. The lowest BCUT2D eigenvalue weighted by Crippen LogP contribution is -2.46. The van der Waals surface area contributed by atoms with E-state index in [1.165, 1.54) is 89.9 Å². The zero-order valence-corrected chi connectivity index (χ0v) is 29.1. The average Bonchev–Trinajstić information content (AvgIpc) is 2.92. The molecule has 0 aromatic carbocycles. The number of hydrogen-bond acceptors (Lipinski definition) is 5. The number of likely N-dealkylation sites (N-methyl/N-ethyl adjacent to an activating group) is 1. The van der Waals surface area contributed by atoms with Gasteiger partial charge in [0.05, 0.1) is 39.9 Å². The maximum Gasteiger partial charge on any atom is 0.472 e. The van der Waals surface area contributed by atoms with Crippen molar-refractivity contribution in [2.75, 3.05) is 40.9 Å². The van der Waals surface area contributed by atoms with Crippen molar-refractivity contribution in [2.45, 2.75) is 167 Å². The molecule has 0 aliphatic rings. The van der Waals surface area contributed by atoms with E-state index in [-0.39, 0.29) is 19.1 Å². The third-order valence-corrected chi connectivity index (χ3v) is 8.84. The lowest BCUT2D eigenvalue weighted by molar-refractivity contribution is -0.870. The summed E-state index contributed by atoms with van der Waals surface area (Å²) in [5.74, 6) is -0.149. The molecular weight excluding hydrogens is 551 g/mol. The summed E-state index contributed by atoms with van der Waals surface area (Å²) in [6.45, 7) is 4.83. The average molecular weight is 622 g/mol. The first-order chi connectivity index (χ1) is 20.0. The van der Waals surface area contributed by atoms with Gasteiger partial charge in [-0.2, -0.15) is 0 Å². The highest BCUT2D eigenvalue weighted by Crippen LogP contribution is 2.43. The van der Waals surface area contributed by atoms with Crippen LogP contribution in [0.1, 0.15) is 155 Å². The smallest absolute Gasteiger partial charge is 0.391 e. The van der Waals surface area contributed by atoms with Crippen LogP contribution in [0.2, 0.25) is 0 Å². The van der Waals surface area contributed by atoms with Gasteiger partial charge in [-0.05, 0) is 12.8 Å². The third-order valence-electron chi connectivity index (χ3n) is 7.86. The Morgan fingerprint density at radius 3 is 1.60 bits per heavy atom. The molecule has 252 valence electrons. The van der Waals surface area contributed by atoms with Gasteiger partial charge in [0.2, 0.25) is 5.91 Å². The minimum atomic E-state index is -4.29. The van der Waals surface area contributed by atoms with Crippen molar-refractivity contribution in [3.05, 3.63) is 0 Å². The number of unbranched alkanes of at least 4 members (excludes halogenated alkanes) is 18. The van der Waals surface area contributed by atoms with Gasteiger partial charge in [0.1, 0.15) is 13.2 Å². The van der Waals surface area contributed by atoms with Crippen LogP contribution in [0.25, 0.3) is 0 Å². The zero-order valence-electron chi connectivity index (χ0n) is 28.3. The summed E-state index contributed by atoms with van der Waals surface area (Å²) < 4.78 is 23.4. The van der Waals surface area contributed by atoms with E-state index in [0.717, 1.165) is 38.5 Å². The molecule has 0 fully saturated rings. The number of phosphoric ester groups is 1. The van der Waals surface area contributed by atoms with Crippen molar-refractivity contribution in [3.8, 4) is 0 Å². The number of quaternary nitrogens is 1. The molecule has 3 unspecified atom stereocenters. The number of amides is 1. The highest BCUT2D eigenvalue weighted by Gasteiger charge is 2.28. The fraction of sp³-hybridized carbons (Fsp3) is 0.970. The van der Waals surface area contributed by atoms with Crippen LogP contribution in [0, 0.1) is 0 Å². The summed E-state index contributed by atoms with van der Waals surface area (Å²) in [6.07, 6.45) is 24.1. The molecule has 0 saturated heterocycles. The first kappa shape index (κ1) is 41.5. The van der Waals surface area contributed by atoms with Crippen LogP contribution in [-0.4, -0.2) is 73.4 Å². The first-order valence-electron chi connectivity index (χ1n) is 17.4. The van der Waals surface area contributed by atoms with Crippen molar-refractivity contribution in [3.63, 3.8) is 0 Å². The number of hydrogen-bond donors (Lipinski definition) is 3. The maximum atomic E-state index is 12.7. The summed E-state index contributed by atoms with van der Waals surface area (Å²) in [6, 6.07) is -0.748. The summed E-state index contributed by atoms with van der Waals surface area (Å²) in [5.41, 5.74) is 0. The molecule has 0 heterocycles. The van der Waals surface area contributed by atoms with Gasteiger partial charge in [-0.25, -0.2) is 4.57 Å². The van der Waals surface area contributed by atoms with E-state index in [1.807, 2.05) is 21.1 Å². The van der Waals surface area contributed by atoms with E-state index in [1.54, 1.807) is 0 Å². The molecule has 0 aromatic heterocycles. The third kappa shape index (κ3) is 28.3. The number of nitrogens with zero attached hydrogens (tertiary/aromatic N) is 1. The lowest BCUT2D eigenvalue weighted by Gasteiger charge is -2.26. The molecule has 3 N–H and O–H groups in total. The standard InChI is InChI=1S/C33H69N2O6P/c1-6-8-10-12-14-16-17-18-19-21-23-25-27-33(37)34-31(30-41-42(38,39)40-29-28-35(3,4)5)32(36)26-24-22-20-15-13-11-9-7-2/h31-32,36H,6-30H2,1-5H3,(H-,34,37,38,39)/p+1. The summed E-state index contributed by atoms with van der Waals surface area (Å²) in [5, 5.41) is 13.8. The highest BCUT2D eigenvalue weighted by atomic mass is 31.2. The van der Waals surface area contributed by atoms with Crippen LogP contribution in [0.15, 0.2) is 0 Å². The van der Waals surface area contributed by atoms with Crippen LogP contribution in [0.4, 0.5) is 0 Å². The Balaban J connectivity index is 4.48. The second kappa shape index (κ2) is 26.9. The van der Waals surface area contributed by atoms with Gasteiger partial charge >= 0.3 is 7.82 Å². The molecular formula is C33H70N2O6P+. The van der Waals surface area contributed by atoms with Crippen molar-refractivity contribution < 1.29 is 32.9 Å². The van der Waals surface area contributed by atoms with Gasteiger partial charge in [-0.1, -0.05) is 136 Å². The lowest BCUT2D eigenvalue weighted by atomic mass is 10.0. The molecule has 1 amide bonds. The zero-order chi connectivity index (χ0) is 31.5. The number of nitrogens with one attached hydrogen (secondary N) is 1. The largest absolute Gasteiger partial charge is 0.472 e. The number of aliphatic hydroxyl groups is 1. The summed E-state index contributed by atoms with van der Waals surface area (Å²) in [4.78, 5) is 22.9. The van der Waals surface area contributed by atoms with E-state index >= 15 is 0 Å². The number of rotatable bonds is 31. The Morgan fingerprint density at radius 2 is 1.14 bits per heavy atom. The van der Waals surface area contributed by atoms with Gasteiger partial charge in [0.25, 0.3) is 0 Å². The van der Waals surface area contributed by atoms with Gasteiger partial charge in [-0.15, -0.1) is 0 Å². The molecule has 0 saturated carbocycles. The summed E-state index contributed by atoms with van der Waals surface area (Å²) >= 11 is 0. The molecule has 0 bridgehead atoms. The molecule has 0 aliphatic carbocycles. The first-order valence-corrected chi connectivity index (χ1v) is 18.9. The number of carbonyl (C=O) groups is 1. The molecule has 0 spiro atoms. The van der Waals surface area contributed by atoms with Gasteiger partial charge in [0.15, 0.2) is 0 Å². The van der Waals surface area contributed by atoms with Gasteiger partial charge in [0, 0.05) is 6.42 Å². The number of carbonyl (C=O) groups excluding carboxylic acids is 1. The van der Waals surface area contributed by atoms with Crippen molar-refractivity contribution in [1.82, 2.24) is 5.32 Å². The fourth-order valence-electron chi connectivity index (χ4n) is 4.98. The normalized spacial score (nSPS) is 14.9. The molecule has 0 aromatic rings. The quantitative estimate of drug-likeness (QED) is 0.0409. The van der Waals surface area contributed by atoms with Crippen LogP contribution < -0.4 is 5.32 Å². The molecule has 8 nitrogen and oxygen atoms in total. The predicted octanol–water partition coefficient (Wildman–Crippen LogP) is 8.29. The van der Waals surface area contributed by atoms with Crippen molar-refractivity contribution >= 4 is 13.7 Å². The molecule has 0 rings (SSSR count). The molecule has 42 heavy (non-hydrogen) atoms. The fourth-order valence-corrected chi connectivity index (χ4v) is 5.72. The number of phosphoric acid groups is 1. The Bertz CT molecular complexity index is 673. The molecule has 0 aliphatic heterocycles. The topological polar surface area (TPSA) is 105 Å². The van der Waals surface area contributed by atoms with E-state index in [4.69, 9.17) is 9.05 Å². The van der Waals surface area contributed by atoms with Crippen molar-refractivity contribution in [1.29, 1.82) is 0 Å². The van der Waals surface area contributed by atoms with Crippen LogP contribution in [-0.2, 0) is 18.4 Å². The Hall–Kier alpha value is -0.500. The van der Waals surface area contributed by atoms with Crippen LogP contribution >= 0.6 is 7.82 Å². The van der Waals surface area contributed by atoms with E-state index in [9.17, 15) is 19.4 Å². The van der Waals surface area contributed by atoms with Gasteiger partial charge < -0.3 is 19.8 Å². The minimum Gasteiger partial charge on any atom is -0.391 e. The van der Waals surface area contributed by atoms with E-state index < -0.39 is 20.0 Å². The Labute approximate surface area is 259 Å². The van der Waals surface area contributed by atoms with E-state index in [0.29, 0.717) is 23.9 Å². The van der Waals surface area contributed by atoms with Gasteiger partial charge in [-0.3, -0.25) is 13.8 Å². The highest BCUT2D eigenvalue weighted by molar-refractivity contribution is 7.47. The van der Waals surface area contributed by atoms with Crippen LogP contribution in [0.3, 0.4) is 0 Å². The monoisotopic (exact) mass is 621 g/mol. The predicted molar refractivity (Wildman–Crippen MR) is 175 cm³/mol. The molecule has 0 radical (unpaired) electrons. The van der Waals surface area contributed by atoms with Crippen molar-refractivity contribution in [2.24, 2.45) is 0 Å². The molecule has 3 atom stereocenters. The Morgan fingerprint density at radius 1 is 0.714 bits per heavy atom. The van der Waals surface area contributed by atoms with Crippen LogP contribution in [0.5, 0.6) is 0 Å². The van der Waals surface area contributed by atoms with E-state index in [2.05, 4.69) is 19.2 Å².